The largest absolute Gasteiger partial charge is 0.390 e. The topological polar surface area (TPSA) is 40.5 Å². The van der Waals surface area contributed by atoms with Gasteiger partial charge in [-0.05, 0) is 25.7 Å². The third-order valence-corrected chi connectivity index (χ3v) is 3.53. The highest BCUT2D eigenvalue weighted by Crippen LogP contribution is 2.32. The number of aliphatic hydroxyl groups excluding tert-OH is 1. The molecule has 0 bridgehead atoms. The van der Waals surface area contributed by atoms with Crippen LogP contribution in [0.25, 0.3) is 0 Å². The molecule has 17 heavy (non-hydrogen) atoms. The van der Waals surface area contributed by atoms with Crippen molar-refractivity contribution in [3.63, 3.8) is 0 Å². The number of hydrogen-bond donors (Lipinski definition) is 2. The molecule has 0 aromatic carbocycles. The first kappa shape index (κ1) is 14.8. The van der Waals surface area contributed by atoms with Crippen LogP contribution in [-0.4, -0.2) is 28.1 Å². The first-order valence-corrected chi connectivity index (χ1v) is 6.31. The van der Waals surface area contributed by atoms with Gasteiger partial charge in [0, 0.05) is 6.42 Å². The van der Waals surface area contributed by atoms with Gasteiger partial charge in [-0.15, -0.1) is 0 Å². The molecule has 0 spiro atoms. The molecule has 1 aliphatic carbocycles. The van der Waals surface area contributed by atoms with Gasteiger partial charge in [-0.1, -0.05) is 25.7 Å². The molecular weight excluding hydrogens is 233 g/mol. The van der Waals surface area contributed by atoms with Crippen molar-refractivity contribution in [2.24, 2.45) is 0 Å². The van der Waals surface area contributed by atoms with E-state index in [1.165, 1.54) is 0 Å². The number of halogens is 3. The van der Waals surface area contributed by atoms with Crippen molar-refractivity contribution < 1.29 is 23.4 Å². The Morgan fingerprint density at radius 1 is 1.06 bits per heavy atom. The summed E-state index contributed by atoms with van der Waals surface area (Å²) in [6.07, 6.45) is -1.45. The molecule has 1 aliphatic rings. The van der Waals surface area contributed by atoms with E-state index in [1.807, 2.05) is 0 Å². The summed E-state index contributed by atoms with van der Waals surface area (Å²) < 4.78 is 35.9. The number of hydrogen-bond acceptors (Lipinski definition) is 2. The Balaban J connectivity index is 2.36. The van der Waals surface area contributed by atoms with Gasteiger partial charge in [-0.25, -0.2) is 0 Å². The van der Waals surface area contributed by atoms with Crippen molar-refractivity contribution in [3.05, 3.63) is 0 Å². The Morgan fingerprint density at radius 2 is 1.59 bits per heavy atom. The minimum atomic E-state index is -4.17. The molecular formula is C12H21F3O2. The zero-order valence-corrected chi connectivity index (χ0v) is 9.97. The summed E-state index contributed by atoms with van der Waals surface area (Å²) in [5.41, 5.74) is -1.16. The molecule has 0 aliphatic heterocycles. The van der Waals surface area contributed by atoms with Crippen LogP contribution in [0.2, 0.25) is 0 Å². The molecule has 102 valence electrons. The molecule has 0 heterocycles. The SMILES string of the molecule is OC(CCCC(F)(F)F)C1(O)CCCCCC1. The molecule has 1 rings (SSSR count). The summed E-state index contributed by atoms with van der Waals surface area (Å²) in [6.45, 7) is 0. The van der Waals surface area contributed by atoms with E-state index in [0.29, 0.717) is 12.8 Å². The number of aliphatic hydroxyl groups is 2. The molecule has 0 aromatic rings. The summed E-state index contributed by atoms with van der Waals surface area (Å²) in [4.78, 5) is 0. The predicted molar refractivity (Wildman–Crippen MR) is 58.6 cm³/mol. The minimum absolute atomic E-state index is 0.0238. The summed E-state index contributed by atoms with van der Waals surface area (Å²) in [6, 6.07) is 0. The normalized spacial score (nSPS) is 23.1. The average Bonchev–Trinajstić information content (AvgIpc) is 2.42. The molecule has 0 amide bonds. The first-order valence-electron chi connectivity index (χ1n) is 6.31. The van der Waals surface area contributed by atoms with Crippen molar-refractivity contribution in [1.82, 2.24) is 0 Å². The van der Waals surface area contributed by atoms with Crippen molar-refractivity contribution in [2.45, 2.75) is 75.7 Å². The van der Waals surface area contributed by atoms with Gasteiger partial charge in [-0.3, -0.25) is 0 Å². The Morgan fingerprint density at radius 3 is 2.06 bits per heavy atom. The van der Waals surface area contributed by atoms with E-state index >= 15 is 0 Å². The lowest BCUT2D eigenvalue weighted by molar-refractivity contribution is -0.140. The lowest BCUT2D eigenvalue weighted by atomic mass is 9.86. The predicted octanol–water partition coefficient (Wildman–Crippen LogP) is 3.17. The van der Waals surface area contributed by atoms with Gasteiger partial charge >= 0.3 is 6.18 Å². The van der Waals surface area contributed by atoms with Gasteiger partial charge in [0.05, 0.1) is 11.7 Å². The zero-order valence-electron chi connectivity index (χ0n) is 9.97. The highest BCUT2D eigenvalue weighted by molar-refractivity contribution is 4.88. The third kappa shape index (κ3) is 5.25. The fourth-order valence-corrected chi connectivity index (χ4v) is 2.44. The van der Waals surface area contributed by atoms with Crippen LogP contribution in [-0.2, 0) is 0 Å². The molecule has 5 heteroatoms. The van der Waals surface area contributed by atoms with Crippen LogP contribution in [0.4, 0.5) is 13.2 Å². The van der Waals surface area contributed by atoms with Crippen molar-refractivity contribution in [2.75, 3.05) is 0 Å². The summed E-state index contributed by atoms with van der Waals surface area (Å²) in [5, 5.41) is 20.1. The van der Waals surface area contributed by atoms with Crippen LogP contribution in [0.1, 0.15) is 57.8 Å². The van der Waals surface area contributed by atoms with E-state index in [0.717, 1.165) is 25.7 Å². The number of rotatable bonds is 4. The maximum atomic E-state index is 12.0. The maximum Gasteiger partial charge on any atom is 0.389 e. The molecule has 0 aromatic heterocycles. The second-order valence-corrected chi connectivity index (χ2v) is 5.04. The Kier molecular flexibility index (Phi) is 5.25. The standard InChI is InChI=1S/C12H21F3O2/c13-12(14,15)9-5-6-10(16)11(17)7-3-1-2-4-8-11/h10,16-17H,1-9H2. The molecule has 1 saturated carbocycles. The van der Waals surface area contributed by atoms with E-state index in [-0.39, 0.29) is 12.8 Å². The summed E-state index contributed by atoms with van der Waals surface area (Å²) >= 11 is 0. The molecule has 1 fully saturated rings. The van der Waals surface area contributed by atoms with E-state index in [1.54, 1.807) is 0 Å². The van der Waals surface area contributed by atoms with Gasteiger partial charge in [0.2, 0.25) is 0 Å². The highest BCUT2D eigenvalue weighted by atomic mass is 19.4. The summed E-state index contributed by atoms with van der Waals surface area (Å²) in [5.74, 6) is 0. The third-order valence-electron chi connectivity index (χ3n) is 3.53. The summed E-state index contributed by atoms with van der Waals surface area (Å²) in [7, 11) is 0. The molecule has 1 atom stereocenters. The Labute approximate surface area is 99.8 Å². The van der Waals surface area contributed by atoms with Crippen LogP contribution < -0.4 is 0 Å². The fourth-order valence-electron chi connectivity index (χ4n) is 2.44. The monoisotopic (exact) mass is 254 g/mol. The lowest BCUT2D eigenvalue weighted by Gasteiger charge is -2.32. The second kappa shape index (κ2) is 6.05. The smallest absolute Gasteiger partial charge is 0.389 e. The minimum Gasteiger partial charge on any atom is -0.390 e. The molecule has 1 unspecified atom stereocenters. The van der Waals surface area contributed by atoms with Crippen LogP contribution in [0, 0.1) is 0 Å². The van der Waals surface area contributed by atoms with Gasteiger partial charge in [0.1, 0.15) is 0 Å². The fraction of sp³-hybridized carbons (Fsp3) is 1.00. The van der Waals surface area contributed by atoms with E-state index < -0.39 is 24.3 Å². The molecule has 0 radical (unpaired) electrons. The molecule has 0 saturated heterocycles. The first-order chi connectivity index (χ1) is 7.83. The van der Waals surface area contributed by atoms with Gasteiger partial charge in [0.15, 0.2) is 0 Å². The van der Waals surface area contributed by atoms with Crippen LogP contribution in [0.15, 0.2) is 0 Å². The molecule has 2 N–H and O–H groups in total. The van der Waals surface area contributed by atoms with E-state index in [4.69, 9.17) is 0 Å². The van der Waals surface area contributed by atoms with E-state index in [2.05, 4.69) is 0 Å². The van der Waals surface area contributed by atoms with Crippen LogP contribution >= 0.6 is 0 Å². The molecule has 2 nitrogen and oxygen atoms in total. The van der Waals surface area contributed by atoms with Gasteiger partial charge < -0.3 is 10.2 Å². The highest BCUT2D eigenvalue weighted by Gasteiger charge is 2.36. The van der Waals surface area contributed by atoms with Gasteiger partial charge in [0.25, 0.3) is 0 Å². The second-order valence-electron chi connectivity index (χ2n) is 5.04. The maximum absolute atomic E-state index is 12.0. The average molecular weight is 254 g/mol. The van der Waals surface area contributed by atoms with Crippen LogP contribution in [0.3, 0.4) is 0 Å². The zero-order chi connectivity index (χ0) is 12.9. The van der Waals surface area contributed by atoms with Gasteiger partial charge in [-0.2, -0.15) is 13.2 Å². The lowest BCUT2D eigenvalue weighted by Crippen LogP contribution is -2.41. The number of alkyl halides is 3. The quantitative estimate of drug-likeness (QED) is 0.756. The van der Waals surface area contributed by atoms with E-state index in [9.17, 15) is 23.4 Å². The van der Waals surface area contributed by atoms with Crippen LogP contribution in [0.5, 0.6) is 0 Å². The Bertz CT molecular complexity index is 220. The van der Waals surface area contributed by atoms with Crippen molar-refractivity contribution in [3.8, 4) is 0 Å². The Hall–Kier alpha value is -0.290. The van der Waals surface area contributed by atoms with Crippen molar-refractivity contribution in [1.29, 1.82) is 0 Å². The van der Waals surface area contributed by atoms with Crippen molar-refractivity contribution >= 4 is 0 Å².